The van der Waals surface area contributed by atoms with Gasteiger partial charge in [-0.25, -0.2) is 0 Å². The molecule has 2 aromatic rings. The number of anilines is 1. The van der Waals surface area contributed by atoms with Gasteiger partial charge in [0, 0.05) is 22.9 Å². The lowest BCUT2D eigenvalue weighted by Crippen LogP contribution is -2.36. The normalized spacial score (nSPS) is 11.8. The summed E-state index contributed by atoms with van der Waals surface area (Å²) in [7, 11) is 0. The first-order valence-corrected chi connectivity index (χ1v) is 10.1. The number of aliphatic hydroxyl groups is 1. The number of nitrogens with one attached hydrogen (secondary N) is 2. The molecule has 25 heavy (non-hydrogen) atoms. The highest BCUT2D eigenvalue weighted by Crippen LogP contribution is 2.27. The molecule has 0 saturated carbocycles. The molecule has 0 saturated heterocycles. The Kier molecular flexibility index (Phi) is 7.97. The Labute approximate surface area is 155 Å². The van der Waals surface area contributed by atoms with Crippen LogP contribution in [0.5, 0.6) is 0 Å². The molecule has 0 unspecified atom stereocenters. The first kappa shape index (κ1) is 19.5. The minimum atomic E-state index is -0.670. The van der Waals surface area contributed by atoms with Crippen molar-refractivity contribution in [3.8, 4) is 0 Å². The second-order valence-corrected chi connectivity index (χ2v) is 7.25. The zero-order chi connectivity index (χ0) is 18.1. The molecule has 2 rings (SSSR count). The molecule has 0 aliphatic carbocycles. The van der Waals surface area contributed by atoms with Gasteiger partial charge in [0.25, 0.3) is 0 Å². The lowest BCUT2D eigenvalue weighted by atomic mass is 10.00. The first-order valence-electron chi connectivity index (χ1n) is 8.02. The molecule has 1 aromatic carbocycles. The lowest BCUT2D eigenvalue weighted by molar-refractivity contribution is -0.136. The van der Waals surface area contributed by atoms with Gasteiger partial charge in [0.15, 0.2) is 0 Å². The van der Waals surface area contributed by atoms with Gasteiger partial charge in [0.1, 0.15) is 0 Å². The van der Waals surface area contributed by atoms with Crippen molar-refractivity contribution in [3.05, 3.63) is 46.7 Å². The summed E-state index contributed by atoms with van der Waals surface area (Å²) >= 11 is 3.14. The van der Waals surface area contributed by atoms with Crippen molar-refractivity contribution in [3.63, 3.8) is 0 Å². The van der Waals surface area contributed by atoms with E-state index in [4.69, 9.17) is 0 Å². The smallest absolute Gasteiger partial charge is 0.313 e. The summed E-state index contributed by atoms with van der Waals surface area (Å²) in [4.78, 5) is 26.1. The summed E-state index contributed by atoms with van der Waals surface area (Å²) in [6, 6.07) is 11.4. The zero-order valence-electron chi connectivity index (χ0n) is 14.0. The predicted octanol–water partition coefficient (Wildman–Crippen LogP) is 3.08. The molecule has 3 N–H and O–H groups in total. The second kappa shape index (κ2) is 10.2. The average molecular weight is 379 g/mol. The largest absolute Gasteiger partial charge is 0.396 e. The van der Waals surface area contributed by atoms with Crippen LogP contribution >= 0.6 is 23.1 Å². The van der Waals surface area contributed by atoms with E-state index in [0.29, 0.717) is 25.1 Å². The minimum Gasteiger partial charge on any atom is -0.396 e. The van der Waals surface area contributed by atoms with E-state index in [0.717, 1.165) is 4.90 Å². The van der Waals surface area contributed by atoms with Crippen LogP contribution in [0, 0.1) is 0 Å². The predicted molar refractivity (Wildman–Crippen MR) is 103 cm³/mol. The summed E-state index contributed by atoms with van der Waals surface area (Å²) in [5.41, 5.74) is 0.631. The molecule has 2 amide bonds. The SMILES string of the molecule is CSc1ccccc1NC(=O)C(=O)NCC[C@H](CCO)c1cccs1. The highest BCUT2D eigenvalue weighted by atomic mass is 32.2. The van der Waals surface area contributed by atoms with E-state index in [1.807, 2.05) is 42.0 Å². The van der Waals surface area contributed by atoms with E-state index >= 15 is 0 Å². The van der Waals surface area contributed by atoms with E-state index in [-0.39, 0.29) is 12.5 Å². The van der Waals surface area contributed by atoms with Crippen LogP contribution in [0.15, 0.2) is 46.7 Å². The van der Waals surface area contributed by atoms with Gasteiger partial charge in [-0.15, -0.1) is 23.1 Å². The number of benzene rings is 1. The maximum atomic E-state index is 12.0. The fourth-order valence-corrected chi connectivity index (χ4v) is 3.93. The molecule has 0 bridgehead atoms. The molecule has 1 atom stereocenters. The van der Waals surface area contributed by atoms with Crippen molar-refractivity contribution < 1.29 is 14.7 Å². The summed E-state index contributed by atoms with van der Waals surface area (Å²) in [6.45, 7) is 0.488. The molecule has 134 valence electrons. The number of hydrogen-bond donors (Lipinski definition) is 3. The van der Waals surface area contributed by atoms with Gasteiger partial charge in [0.05, 0.1) is 5.69 Å². The second-order valence-electron chi connectivity index (χ2n) is 5.42. The van der Waals surface area contributed by atoms with Crippen LogP contribution in [0.25, 0.3) is 0 Å². The van der Waals surface area contributed by atoms with Crippen LogP contribution in [-0.2, 0) is 9.59 Å². The number of carbonyl (C=O) groups excluding carboxylic acids is 2. The van der Waals surface area contributed by atoms with E-state index in [1.165, 1.54) is 16.6 Å². The monoisotopic (exact) mass is 378 g/mol. The molecule has 0 fully saturated rings. The topological polar surface area (TPSA) is 78.4 Å². The number of amides is 2. The van der Waals surface area contributed by atoms with Crippen molar-refractivity contribution in [1.82, 2.24) is 5.32 Å². The molecule has 0 spiro atoms. The van der Waals surface area contributed by atoms with Crippen LogP contribution in [0.4, 0.5) is 5.69 Å². The summed E-state index contributed by atoms with van der Waals surface area (Å²) in [5, 5.41) is 16.5. The highest BCUT2D eigenvalue weighted by molar-refractivity contribution is 7.98. The van der Waals surface area contributed by atoms with E-state index < -0.39 is 11.8 Å². The number of para-hydroxylation sites is 1. The van der Waals surface area contributed by atoms with Gasteiger partial charge in [-0.1, -0.05) is 18.2 Å². The van der Waals surface area contributed by atoms with E-state index in [9.17, 15) is 14.7 Å². The highest BCUT2D eigenvalue weighted by Gasteiger charge is 2.17. The summed E-state index contributed by atoms with van der Waals surface area (Å²) in [5.74, 6) is -1.13. The fraction of sp³-hybridized carbons (Fsp3) is 0.333. The molecule has 1 heterocycles. The number of hydrogen-bond acceptors (Lipinski definition) is 5. The Morgan fingerprint density at radius 3 is 2.64 bits per heavy atom. The third-order valence-corrected chi connectivity index (χ3v) is 5.59. The van der Waals surface area contributed by atoms with Gasteiger partial charge in [0.2, 0.25) is 0 Å². The van der Waals surface area contributed by atoms with E-state index in [2.05, 4.69) is 10.6 Å². The first-order chi connectivity index (χ1) is 12.2. The van der Waals surface area contributed by atoms with Crippen molar-refractivity contribution in [1.29, 1.82) is 0 Å². The molecule has 0 aliphatic heterocycles. The Hall–Kier alpha value is -1.83. The lowest BCUT2D eigenvalue weighted by Gasteiger charge is -2.14. The summed E-state index contributed by atoms with van der Waals surface area (Å²) < 4.78 is 0. The maximum absolute atomic E-state index is 12.0. The van der Waals surface area contributed by atoms with Gasteiger partial charge < -0.3 is 15.7 Å². The van der Waals surface area contributed by atoms with Crippen LogP contribution in [-0.4, -0.2) is 36.3 Å². The van der Waals surface area contributed by atoms with Crippen LogP contribution in [0.1, 0.15) is 23.6 Å². The Morgan fingerprint density at radius 1 is 1.16 bits per heavy atom. The van der Waals surface area contributed by atoms with Crippen LogP contribution < -0.4 is 10.6 Å². The Morgan fingerprint density at radius 2 is 1.96 bits per heavy atom. The molecular formula is C18H22N2O3S2. The van der Waals surface area contributed by atoms with Crippen molar-refractivity contribution in [2.24, 2.45) is 0 Å². The standard InChI is InChI=1S/C18H22N2O3S2/c1-24-16-6-3-2-5-14(16)20-18(23)17(22)19-10-8-13(9-11-21)15-7-4-12-25-15/h2-7,12-13,21H,8-11H2,1H3,(H,19,22)(H,20,23)/t13-/m1/s1. The zero-order valence-corrected chi connectivity index (χ0v) is 15.7. The molecular weight excluding hydrogens is 356 g/mol. The van der Waals surface area contributed by atoms with Crippen LogP contribution in [0.2, 0.25) is 0 Å². The third kappa shape index (κ3) is 5.88. The molecule has 0 radical (unpaired) electrons. The van der Waals surface area contributed by atoms with Crippen molar-refractivity contribution in [2.45, 2.75) is 23.7 Å². The quantitative estimate of drug-likeness (QED) is 0.487. The van der Waals surface area contributed by atoms with Crippen molar-refractivity contribution in [2.75, 3.05) is 24.7 Å². The molecule has 1 aromatic heterocycles. The van der Waals surface area contributed by atoms with E-state index in [1.54, 1.807) is 17.4 Å². The minimum absolute atomic E-state index is 0.0997. The van der Waals surface area contributed by atoms with Gasteiger partial charge >= 0.3 is 11.8 Å². The molecule has 7 heteroatoms. The fourth-order valence-electron chi connectivity index (χ4n) is 2.48. The average Bonchev–Trinajstić information content (AvgIpc) is 3.15. The van der Waals surface area contributed by atoms with Gasteiger partial charge in [-0.3, -0.25) is 9.59 Å². The summed E-state index contributed by atoms with van der Waals surface area (Å²) in [6.07, 6.45) is 3.24. The molecule has 5 nitrogen and oxygen atoms in total. The third-order valence-electron chi connectivity index (χ3n) is 3.76. The van der Waals surface area contributed by atoms with Gasteiger partial charge in [-0.2, -0.15) is 0 Å². The molecule has 0 aliphatic rings. The number of aliphatic hydroxyl groups excluding tert-OH is 1. The number of rotatable bonds is 8. The van der Waals surface area contributed by atoms with Crippen molar-refractivity contribution >= 4 is 40.6 Å². The number of carbonyl (C=O) groups is 2. The number of thiophene rings is 1. The Balaban J connectivity index is 1.83. The Bertz CT molecular complexity index is 689. The van der Waals surface area contributed by atoms with Gasteiger partial charge in [-0.05, 0) is 48.6 Å². The number of thioether (sulfide) groups is 1. The van der Waals surface area contributed by atoms with Crippen LogP contribution in [0.3, 0.4) is 0 Å². The maximum Gasteiger partial charge on any atom is 0.313 e.